The van der Waals surface area contributed by atoms with Gasteiger partial charge in [0.15, 0.2) is 0 Å². The molecule has 0 spiro atoms. The monoisotopic (exact) mass is 442 g/mol. The SMILES string of the molecule is CC(C)N1C[C@H](Sc2ccc(F)cc2)C[C@H]1C(=O)N(C)Cc1cc2ccccc2s1. The van der Waals surface area contributed by atoms with Gasteiger partial charge >= 0.3 is 0 Å². The number of fused-ring (bicyclic) bond motifs is 1. The minimum absolute atomic E-state index is 0.109. The van der Waals surface area contributed by atoms with Crippen LogP contribution in [0.4, 0.5) is 4.39 Å². The van der Waals surface area contributed by atoms with Crippen molar-refractivity contribution >= 4 is 39.1 Å². The predicted molar refractivity (Wildman–Crippen MR) is 125 cm³/mol. The molecule has 1 amide bonds. The van der Waals surface area contributed by atoms with Gasteiger partial charge in [-0.05, 0) is 62.1 Å². The highest BCUT2D eigenvalue weighted by atomic mass is 32.2. The van der Waals surface area contributed by atoms with Gasteiger partial charge in [0, 0.05) is 39.4 Å². The van der Waals surface area contributed by atoms with Gasteiger partial charge in [0.25, 0.3) is 0 Å². The number of thiophene rings is 1. The van der Waals surface area contributed by atoms with Gasteiger partial charge in [-0.3, -0.25) is 9.69 Å². The summed E-state index contributed by atoms with van der Waals surface area (Å²) in [6.45, 7) is 5.80. The Morgan fingerprint density at radius 1 is 1.23 bits per heavy atom. The maximum Gasteiger partial charge on any atom is 0.240 e. The van der Waals surface area contributed by atoms with Crippen molar-refractivity contribution < 1.29 is 9.18 Å². The largest absolute Gasteiger partial charge is 0.339 e. The summed E-state index contributed by atoms with van der Waals surface area (Å²) in [6, 6.07) is 17.4. The molecule has 30 heavy (non-hydrogen) atoms. The van der Waals surface area contributed by atoms with Gasteiger partial charge in [-0.25, -0.2) is 4.39 Å². The van der Waals surface area contributed by atoms with Gasteiger partial charge in [-0.15, -0.1) is 23.1 Å². The Labute approximate surface area is 185 Å². The van der Waals surface area contributed by atoms with Crippen molar-refractivity contribution in [2.75, 3.05) is 13.6 Å². The van der Waals surface area contributed by atoms with Crippen molar-refractivity contribution in [2.24, 2.45) is 0 Å². The summed E-state index contributed by atoms with van der Waals surface area (Å²) in [5.74, 6) is -0.0335. The number of thioether (sulfide) groups is 1. The molecule has 4 rings (SSSR count). The van der Waals surface area contributed by atoms with Crippen molar-refractivity contribution in [2.45, 2.75) is 49.0 Å². The number of benzene rings is 2. The summed E-state index contributed by atoms with van der Waals surface area (Å²) in [5.41, 5.74) is 0. The fraction of sp³-hybridized carbons (Fsp3) is 0.375. The van der Waals surface area contributed by atoms with Gasteiger partial charge in [-0.1, -0.05) is 18.2 Å². The van der Waals surface area contributed by atoms with Crippen LogP contribution in [0.1, 0.15) is 25.1 Å². The molecule has 1 fully saturated rings. The average molecular weight is 443 g/mol. The van der Waals surface area contributed by atoms with Crippen LogP contribution in [0.25, 0.3) is 10.1 Å². The first-order valence-corrected chi connectivity index (χ1v) is 12.0. The molecule has 3 nitrogen and oxygen atoms in total. The predicted octanol–water partition coefficient (Wildman–Crippen LogP) is 5.64. The molecule has 2 aromatic carbocycles. The molecule has 1 aromatic heterocycles. The van der Waals surface area contributed by atoms with E-state index in [9.17, 15) is 9.18 Å². The fourth-order valence-corrected chi connectivity index (χ4v) is 6.43. The van der Waals surface area contributed by atoms with Crippen molar-refractivity contribution in [1.29, 1.82) is 0 Å². The summed E-state index contributed by atoms with van der Waals surface area (Å²) in [4.78, 5) is 19.8. The molecule has 0 saturated carbocycles. The molecule has 1 saturated heterocycles. The van der Waals surface area contributed by atoms with Gasteiger partial charge in [0.05, 0.1) is 12.6 Å². The molecule has 2 heterocycles. The Kier molecular flexibility index (Phi) is 6.46. The van der Waals surface area contributed by atoms with E-state index in [0.29, 0.717) is 17.8 Å². The lowest BCUT2D eigenvalue weighted by Crippen LogP contribution is -2.46. The highest BCUT2D eigenvalue weighted by Crippen LogP contribution is 2.35. The minimum Gasteiger partial charge on any atom is -0.339 e. The van der Waals surface area contributed by atoms with Crippen LogP contribution in [-0.2, 0) is 11.3 Å². The van der Waals surface area contributed by atoms with Gasteiger partial charge in [-0.2, -0.15) is 0 Å². The quantitative estimate of drug-likeness (QED) is 0.493. The standard InChI is InChI=1S/C24H27FN2OS2/c1-16(2)27-15-21(29-19-10-8-18(25)9-11-19)13-22(27)24(28)26(3)14-20-12-17-6-4-5-7-23(17)30-20/h4-12,16,21-22H,13-15H2,1-3H3/t21-,22+/m1/s1. The number of hydrogen-bond donors (Lipinski definition) is 0. The average Bonchev–Trinajstić information content (AvgIpc) is 3.32. The highest BCUT2D eigenvalue weighted by Gasteiger charge is 2.39. The lowest BCUT2D eigenvalue weighted by molar-refractivity contribution is -0.135. The van der Waals surface area contributed by atoms with Gasteiger partial charge in [0.2, 0.25) is 5.91 Å². The van der Waals surface area contributed by atoms with Crippen LogP contribution in [0.15, 0.2) is 59.5 Å². The summed E-state index contributed by atoms with van der Waals surface area (Å²) < 4.78 is 14.5. The molecular weight excluding hydrogens is 415 g/mol. The van der Waals surface area contributed by atoms with E-state index in [1.165, 1.54) is 27.1 Å². The van der Waals surface area contributed by atoms with E-state index in [1.54, 1.807) is 23.1 Å². The number of amides is 1. The first kappa shape index (κ1) is 21.3. The maximum atomic E-state index is 13.4. The topological polar surface area (TPSA) is 23.6 Å². The number of rotatable bonds is 6. The van der Waals surface area contributed by atoms with Crippen LogP contribution in [0.3, 0.4) is 0 Å². The molecule has 158 valence electrons. The number of halogens is 1. The number of carbonyl (C=O) groups excluding carboxylic acids is 1. The number of nitrogens with zero attached hydrogens (tertiary/aromatic N) is 2. The van der Waals surface area contributed by atoms with E-state index >= 15 is 0 Å². The lowest BCUT2D eigenvalue weighted by Gasteiger charge is -2.30. The molecule has 6 heteroatoms. The maximum absolute atomic E-state index is 13.4. The lowest BCUT2D eigenvalue weighted by atomic mass is 10.1. The number of likely N-dealkylation sites (tertiary alicyclic amines) is 1. The third kappa shape index (κ3) is 4.71. The van der Waals surface area contributed by atoms with E-state index in [4.69, 9.17) is 0 Å². The molecule has 0 unspecified atom stereocenters. The molecule has 2 atom stereocenters. The van der Waals surface area contributed by atoms with E-state index in [1.807, 2.05) is 30.1 Å². The molecule has 0 bridgehead atoms. The van der Waals surface area contributed by atoms with E-state index in [2.05, 4.69) is 43.0 Å². The second-order valence-corrected chi connectivity index (χ2v) is 10.7. The Balaban J connectivity index is 1.44. The van der Waals surface area contributed by atoms with Gasteiger partial charge in [0.1, 0.15) is 5.82 Å². The molecule has 1 aliphatic heterocycles. The number of likely N-dealkylation sites (N-methyl/N-ethyl adjacent to an activating group) is 1. The van der Waals surface area contributed by atoms with E-state index in [-0.39, 0.29) is 17.8 Å². The number of hydrogen-bond acceptors (Lipinski definition) is 4. The zero-order chi connectivity index (χ0) is 21.3. The molecule has 0 N–H and O–H groups in total. The van der Waals surface area contributed by atoms with Crippen molar-refractivity contribution in [1.82, 2.24) is 9.80 Å². The van der Waals surface area contributed by atoms with Crippen LogP contribution < -0.4 is 0 Å². The summed E-state index contributed by atoms with van der Waals surface area (Å²) >= 11 is 3.50. The van der Waals surface area contributed by atoms with Crippen LogP contribution in [0.2, 0.25) is 0 Å². The first-order valence-electron chi connectivity index (χ1n) is 10.3. The summed E-state index contributed by atoms with van der Waals surface area (Å²) in [5, 5.41) is 1.56. The highest BCUT2D eigenvalue weighted by molar-refractivity contribution is 8.00. The Morgan fingerprint density at radius 3 is 2.67 bits per heavy atom. The molecular formula is C24H27FN2OS2. The molecule has 3 aromatic rings. The molecule has 1 aliphatic rings. The fourth-order valence-electron chi connectivity index (χ4n) is 4.11. The summed E-state index contributed by atoms with van der Waals surface area (Å²) in [6.07, 6.45) is 0.815. The third-order valence-corrected chi connectivity index (χ3v) is 7.93. The second-order valence-electron chi connectivity index (χ2n) is 8.18. The Bertz CT molecular complexity index is 984. The van der Waals surface area contributed by atoms with Crippen LogP contribution in [0.5, 0.6) is 0 Å². The van der Waals surface area contributed by atoms with Gasteiger partial charge < -0.3 is 4.90 Å². The summed E-state index contributed by atoms with van der Waals surface area (Å²) in [7, 11) is 1.91. The Hall–Kier alpha value is -1.89. The zero-order valence-corrected chi connectivity index (χ0v) is 19.2. The van der Waals surface area contributed by atoms with E-state index < -0.39 is 0 Å². The van der Waals surface area contributed by atoms with Crippen LogP contribution >= 0.6 is 23.1 Å². The second kappa shape index (κ2) is 9.08. The third-order valence-electron chi connectivity index (χ3n) is 5.61. The van der Waals surface area contributed by atoms with Crippen LogP contribution in [-0.4, -0.2) is 46.6 Å². The van der Waals surface area contributed by atoms with Crippen molar-refractivity contribution in [3.8, 4) is 0 Å². The van der Waals surface area contributed by atoms with Crippen LogP contribution in [0, 0.1) is 5.82 Å². The Morgan fingerprint density at radius 2 is 1.97 bits per heavy atom. The van der Waals surface area contributed by atoms with E-state index in [0.717, 1.165) is 17.9 Å². The molecule has 0 aliphatic carbocycles. The normalized spacial score (nSPS) is 19.6. The smallest absolute Gasteiger partial charge is 0.240 e. The first-order chi connectivity index (χ1) is 14.4. The molecule has 0 radical (unpaired) electrons. The van der Waals surface area contributed by atoms with Crippen molar-refractivity contribution in [3.63, 3.8) is 0 Å². The minimum atomic E-state index is -0.217. The zero-order valence-electron chi connectivity index (χ0n) is 17.5. The van der Waals surface area contributed by atoms with Crippen molar-refractivity contribution in [3.05, 3.63) is 65.3 Å². The number of carbonyl (C=O) groups is 1.